The van der Waals surface area contributed by atoms with E-state index >= 15 is 0 Å². The monoisotopic (exact) mass is 311 g/mol. The lowest BCUT2D eigenvalue weighted by atomic mass is 9.83. The van der Waals surface area contributed by atoms with Crippen LogP contribution in [-0.4, -0.2) is 24.6 Å². The quantitative estimate of drug-likeness (QED) is 0.932. The minimum Gasteiger partial charge on any atom is -0.356 e. The van der Waals surface area contributed by atoms with Crippen molar-refractivity contribution in [3.63, 3.8) is 0 Å². The number of anilines is 1. The number of rotatable bonds is 3. The van der Waals surface area contributed by atoms with E-state index in [2.05, 4.69) is 45.9 Å². The Balaban J connectivity index is 2.18. The van der Waals surface area contributed by atoms with Crippen molar-refractivity contribution in [2.45, 2.75) is 38.6 Å². The lowest BCUT2D eigenvalue weighted by Gasteiger charge is -2.38. The molecule has 0 amide bonds. The van der Waals surface area contributed by atoms with Crippen LogP contribution in [0.4, 0.5) is 5.82 Å². The highest BCUT2D eigenvalue weighted by Crippen LogP contribution is 2.30. The van der Waals surface area contributed by atoms with Crippen LogP contribution in [0.5, 0.6) is 0 Å². The summed E-state index contributed by atoms with van der Waals surface area (Å²) in [5.74, 6) is 1.66. The predicted molar refractivity (Wildman–Crippen MR) is 79.9 cm³/mol. The Hall–Kier alpha value is -0.610. The maximum Gasteiger partial charge on any atom is 0.128 e. The fourth-order valence-electron chi connectivity index (χ4n) is 2.86. The Kier molecular flexibility index (Phi) is 4.62. The van der Waals surface area contributed by atoms with Crippen LogP contribution >= 0.6 is 15.9 Å². The van der Waals surface area contributed by atoms with Crippen molar-refractivity contribution in [1.82, 2.24) is 4.98 Å². The Labute approximate surface area is 118 Å². The molecule has 1 heterocycles. The molecule has 100 valence electrons. The summed E-state index contributed by atoms with van der Waals surface area (Å²) < 4.78 is 1.07. The molecular formula is C14H22BrN3. The molecule has 1 aliphatic carbocycles. The molecule has 0 spiro atoms. The van der Waals surface area contributed by atoms with Crippen molar-refractivity contribution >= 4 is 21.7 Å². The molecule has 3 nitrogen and oxygen atoms in total. The first-order valence-electron chi connectivity index (χ1n) is 6.68. The number of nitrogens with zero attached hydrogens (tertiary/aromatic N) is 2. The van der Waals surface area contributed by atoms with E-state index in [1.54, 1.807) is 0 Å². The molecule has 1 aromatic heterocycles. The fourth-order valence-corrected chi connectivity index (χ4v) is 3.08. The SMILES string of the molecule is Cc1cc(N(C)C2CCCCC2CN)ncc1Br. The van der Waals surface area contributed by atoms with Gasteiger partial charge in [0.2, 0.25) is 0 Å². The number of pyridine rings is 1. The van der Waals surface area contributed by atoms with Gasteiger partial charge in [-0.25, -0.2) is 4.98 Å². The molecule has 1 fully saturated rings. The molecular weight excluding hydrogens is 290 g/mol. The highest BCUT2D eigenvalue weighted by molar-refractivity contribution is 9.10. The molecule has 1 saturated carbocycles. The van der Waals surface area contributed by atoms with E-state index in [0.29, 0.717) is 12.0 Å². The molecule has 4 heteroatoms. The van der Waals surface area contributed by atoms with Gasteiger partial charge in [-0.05, 0) is 59.8 Å². The van der Waals surface area contributed by atoms with Crippen LogP contribution in [0.3, 0.4) is 0 Å². The molecule has 2 rings (SSSR count). The zero-order chi connectivity index (χ0) is 13.1. The summed E-state index contributed by atoms with van der Waals surface area (Å²) in [6.45, 7) is 2.88. The normalized spacial score (nSPS) is 24.0. The summed E-state index contributed by atoms with van der Waals surface area (Å²) >= 11 is 3.50. The largest absolute Gasteiger partial charge is 0.356 e. The van der Waals surface area contributed by atoms with Crippen molar-refractivity contribution in [2.75, 3.05) is 18.5 Å². The van der Waals surface area contributed by atoms with E-state index in [9.17, 15) is 0 Å². The van der Waals surface area contributed by atoms with Crippen LogP contribution in [0.1, 0.15) is 31.2 Å². The number of aryl methyl sites for hydroxylation is 1. The molecule has 0 aliphatic heterocycles. The summed E-state index contributed by atoms with van der Waals surface area (Å²) in [6.07, 6.45) is 7.00. The lowest BCUT2D eigenvalue weighted by molar-refractivity contribution is 0.305. The van der Waals surface area contributed by atoms with Gasteiger partial charge in [0.1, 0.15) is 5.82 Å². The van der Waals surface area contributed by atoms with E-state index in [0.717, 1.165) is 16.8 Å². The van der Waals surface area contributed by atoms with E-state index < -0.39 is 0 Å². The second-order valence-electron chi connectivity index (χ2n) is 5.25. The molecule has 2 unspecified atom stereocenters. The lowest BCUT2D eigenvalue weighted by Crippen LogP contribution is -2.43. The first kappa shape index (κ1) is 13.8. The number of halogens is 1. The third kappa shape index (κ3) is 2.86. The van der Waals surface area contributed by atoms with Gasteiger partial charge in [0.15, 0.2) is 0 Å². The van der Waals surface area contributed by atoms with Crippen molar-refractivity contribution in [3.05, 3.63) is 22.3 Å². The van der Waals surface area contributed by atoms with Gasteiger partial charge in [-0.15, -0.1) is 0 Å². The molecule has 18 heavy (non-hydrogen) atoms. The Bertz CT molecular complexity index is 408. The first-order valence-corrected chi connectivity index (χ1v) is 7.48. The van der Waals surface area contributed by atoms with Gasteiger partial charge in [-0.3, -0.25) is 0 Å². The Morgan fingerprint density at radius 2 is 2.17 bits per heavy atom. The highest BCUT2D eigenvalue weighted by Gasteiger charge is 2.28. The molecule has 0 saturated heterocycles. The Morgan fingerprint density at radius 1 is 1.44 bits per heavy atom. The number of hydrogen-bond acceptors (Lipinski definition) is 3. The zero-order valence-electron chi connectivity index (χ0n) is 11.2. The summed E-state index contributed by atoms with van der Waals surface area (Å²) in [5.41, 5.74) is 7.14. The van der Waals surface area contributed by atoms with Crippen LogP contribution in [0.2, 0.25) is 0 Å². The van der Waals surface area contributed by atoms with Gasteiger partial charge in [-0.2, -0.15) is 0 Å². The maximum absolute atomic E-state index is 5.91. The van der Waals surface area contributed by atoms with E-state index in [4.69, 9.17) is 5.73 Å². The van der Waals surface area contributed by atoms with Crippen LogP contribution in [-0.2, 0) is 0 Å². The van der Waals surface area contributed by atoms with Gasteiger partial charge in [0.05, 0.1) is 0 Å². The topological polar surface area (TPSA) is 42.1 Å². The summed E-state index contributed by atoms with van der Waals surface area (Å²) in [7, 11) is 2.15. The first-order chi connectivity index (χ1) is 8.63. The van der Waals surface area contributed by atoms with Crippen LogP contribution < -0.4 is 10.6 Å². The van der Waals surface area contributed by atoms with Gasteiger partial charge in [0.25, 0.3) is 0 Å². The molecule has 0 bridgehead atoms. The van der Waals surface area contributed by atoms with Gasteiger partial charge < -0.3 is 10.6 Å². The minimum absolute atomic E-state index is 0.539. The van der Waals surface area contributed by atoms with E-state index in [-0.39, 0.29) is 0 Å². The second-order valence-corrected chi connectivity index (χ2v) is 6.10. The van der Waals surface area contributed by atoms with Crippen LogP contribution in [0, 0.1) is 12.8 Å². The summed E-state index contributed by atoms with van der Waals surface area (Å²) in [4.78, 5) is 6.84. The van der Waals surface area contributed by atoms with E-state index in [1.165, 1.54) is 31.2 Å². The fraction of sp³-hybridized carbons (Fsp3) is 0.643. The smallest absolute Gasteiger partial charge is 0.128 e. The van der Waals surface area contributed by atoms with Crippen molar-refractivity contribution in [2.24, 2.45) is 11.7 Å². The van der Waals surface area contributed by atoms with Crippen molar-refractivity contribution < 1.29 is 0 Å². The Morgan fingerprint density at radius 3 is 2.83 bits per heavy atom. The molecule has 1 aliphatic rings. The molecule has 2 N–H and O–H groups in total. The molecule has 1 aromatic rings. The van der Waals surface area contributed by atoms with Gasteiger partial charge in [-0.1, -0.05) is 12.8 Å². The summed E-state index contributed by atoms with van der Waals surface area (Å²) in [5, 5.41) is 0. The average Bonchev–Trinajstić information content (AvgIpc) is 2.41. The summed E-state index contributed by atoms with van der Waals surface area (Å²) in [6, 6.07) is 2.68. The minimum atomic E-state index is 0.539. The van der Waals surface area contributed by atoms with Gasteiger partial charge >= 0.3 is 0 Å². The van der Waals surface area contributed by atoms with Crippen LogP contribution in [0.15, 0.2) is 16.7 Å². The molecule has 2 atom stereocenters. The number of hydrogen-bond donors (Lipinski definition) is 1. The second kappa shape index (κ2) is 6.02. The van der Waals surface area contributed by atoms with Crippen LogP contribution in [0.25, 0.3) is 0 Å². The number of nitrogens with two attached hydrogens (primary N) is 1. The average molecular weight is 312 g/mol. The highest BCUT2D eigenvalue weighted by atomic mass is 79.9. The third-order valence-electron chi connectivity index (χ3n) is 4.06. The molecule has 0 aromatic carbocycles. The zero-order valence-corrected chi connectivity index (χ0v) is 12.8. The third-order valence-corrected chi connectivity index (χ3v) is 4.89. The van der Waals surface area contributed by atoms with Crippen molar-refractivity contribution in [1.29, 1.82) is 0 Å². The number of aromatic nitrogens is 1. The van der Waals surface area contributed by atoms with Gasteiger partial charge in [0, 0.05) is 23.8 Å². The standard InChI is InChI=1S/C14H22BrN3/c1-10-7-14(17-9-12(10)15)18(2)13-6-4-3-5-11(13)8-16/h7,9,11,13H,3-6,8,16H2,1-2H3. The molecule has 0 radical (unpaired) electrons. The van der Waals surface area contributed by atoms with Crippen molar-refractivity contribution in [3.8, 4) is 0 Å². The van der Waals surface area contributed by atoms with E-state index in [1.807, 2.05) is 6.20 Å². The predicted octanol–water partition coefficient (Wildman–Crippen LogP) is 3.11. The maximum atomic E-state index is 5.91.